The first kappa shape index (κ1) is 18.4. The maximum atomic E-state index is 15.2. The van der Waals surface area contributed by atoms with Gasteiger partial charge in [0.05, 0.1) is 18.0 Å². The van der Waals surface area contributed by atoms with Gasteiger partial charge in [-0.15, -0.1) is 0 Å². The zero-order valence-electron chi connectivity index (χ0n) is 15.2. The smallest absolute Gasteiger partial charge is 0.329 e. The van der Waals surface area contributed by atoms with Crippen molar-refractivity contribution in [3.63, 3.8) is 0 Å². The number of alkyl halides is 1. The van der Waals surface area contributed by atoms with Crippen molar-refractivity contribution in [2.75, 3.05) is 19.7 Å². The number of aliphatic hydroxyl groups excluding tert-OH is 2. The predicted octanol–water partition coefficient (Wildman–Crippen LogP) is -1.93. The van der Waals surface area contributed by atoms with Crippen LogP contribution in [0.3, 0.4) is 0 Å². The number of nitrogens with two attached hydrogens (primary N) is 1. The molecule has 1 saturated heterocycles. The zero-order valence-corrected chi connectivity index (χ0v) is 15.2. The van der Waals surface area contributed by atoms with Crippen LogP contribution >= 0.6 is 0 Å². The Balaban J connectivity index is 1.87. The average molecular weight is 380 g/mol. The van der Waals surface area contributed by atoms with Gasteiger partial charge in [-0.2, -0.15) is 0 Å². The van der Waals surface area contributed by atoms with Gasteiger partial charge >= 0.3 is 5.69 Å². The van der Waals surface area contributed by atoms with E-state index in [0.29, 0.717) is 24.0 Å². The second-order valence-electron chi connectivity index (χ2n) is 7.89. The van der Waals surface area contributed by atoms with Crippen LogP contribution in [0.25, 0.3) is 11.3 Å². The normalized spacial score (nSPS) is 29.9. The van der Waals surface area contributed by atoms with Gasteiger partial charge in [0, 0.05) is 18.6 Å². The Morgan fingerprint density at radius 2 is 2.04 bits per heavy atom. The van der Waals surface area contributed by atoms with Gasteiger partial charge in [0.1, 0.15) is 11.0 Å². The number of aromatic amines is 1. The molecule has 2 fully saturated rings. The van der Waals surface area contributed by atoms with E-state index in [0.717, 1.165) is 19.3 Å². The predicted molar refractivity (Wildman–Crippen MR) is 97.4 cm³/mol. The first-order valence-corrected chi connectivity index (χ1v) is 9.38. The maximum absolute atomic E-state index is 15.2. The van der Waals surface area contributed by atoms with Crippen molar-refractivity contribution < 1.29 is 14.6 Å². The summed E-state index contributed by atoms with van der Waals surface area (Å²) < 4.78 is 16.7. The molecule has 2 aliphatic carbocycles. The van der Waals surface area contributed by atoms with Crippen LogP contribution in [0.15, 0.2) is 9.59 Å². The first-order valence-electron chi connectivity index (χ1n) is 9.38. The molecule has 1 aromatic heterocycles. The summed E-state index contributed by atoms with van der Waals surface area (Å²) >= 11 is 0. The van der Waals surface area contributed by atoms with E-state index in [9.17, 15) is 19.8 Å². The molecule has 1 saturated carbocycles. The lowest BCUT2D eigenvalue weighted by Gasteiger charge is -2.34. The van der Waals surface area contributed by atoms with Gasteiger partial charge in [-0.1, -0.05) is 0 Å². The topological polar surface area (TPSA) is 125 Å². The van der Waals surface area contributed by atoms with Crippen LogP contribution in [0.4, 0.5) is 4.39 Å². The number of halogens is 1. The van der Waals surface area contributed by atoms with Gasteiger partial charge in [-0.25, -0.2) is 9.18 Å². The number of H-pyrrole nitrogens is 1. The number of aromatic nitrogens is 2. The fourth-order valence-electron chi connectivity index (χ4n) is 4.53. The summed E-state index contributed by atoms with van der Waals surface area (Å²) in [5.74, 6) is -0.588. The van der Waals surface area contributed by atoms with E-state index in [2.05, 4.69) is 4.98 Å². The number of hydrogen-bond donors (Lipinski definition) is 4. The molecule has 4 rings (SSSR count). The third-order valence-electron chi connectivity index (χ3n) is 6.13. The largest absolute Gasteiger partial charge is 0.508 e. The minimum Gasteiger partial charge on any atom is -0.508 e. The fraction of sp³-hybridized carbons (Fsp3) is 0.667. The number of nitrogens with zero attached hydrogens (tertiary/aromatic N) is 2. The maximum Gasteiger partial charge on any atom is 0.329 e. The number of likely N-dealkylation sites (tertiary alicyclic amines) is 1. The van der Waals surface area contributed by atoms with Crippen molar-refractivity contribution in [1.82, 2.24) is 14.5 Å². The SMILES string of the molecule is CC1=c2c(c(=O)[nH]c(=O)n2C2CC2)=C(O)C(F)C1N1CCC(C(N)CO)C1. The summed E-state index contributed by atoms with van der Waals surface area (Å²) in [7, 11) is 0. The summed E-state index contributed by atoms with van der Waals surface area (Å²) in [6.45, 7) is 2.64. The Kier molecular flexibility index (Phi) is 4.48. The van der Waals surface area contributed by atoms with E-state index in [1.165, 1.54) is 4.57 Å². The Morgan fingerprint density at radius 3 is 2.67 bits per heavy atom. The number of aliphatic hydroxyl groups is 2. The van der Waals surface area contributed by atoms with Crippen LogP contribution in [-0.2, 0) is 0 Å². The van der Waals surface area contributed by atoms with E-state index in [1.807, 2.05) is 4.90 Å². The quantitative estimate of drug-likeness (QED) is 0.482. The molecule has 0 radical (unpaired) electrons. The Labute approximate surface area is 154 Å². The molecule has 27 heavy (non-hydrogen) atoms. The van der Waals surface area contributed by atoms with Gasteiger partial charge < -0.3 is 15.9 Å². The van der Waals surface area contributed by atoms with Gasteiger partial charge in [-0.3, -0.25) is 19.2 Å². The Bertz CT molecular complexity index is 996. The molecule has 4 atom stereocenters. The summed E-state index contributed by atoms with van der Waals surface area (Å²) in [5.41, 5.74) is 5.23. The highest BCUT2D eigenvalue weighted by Crippen LogP contribution is 2.33. The molecule has 0 amide bonds. The highest BCUT2D eigenvalue weighted by Gasteiger charge is 2.41. The van der Waals surface area contributed by atoms with Crippen LogP contribution < -0.4 is 27.6 Å². The van der Waals surface area contributed by atoms with E-state index in [1.54, 1.807) is 6.92 Å². The van der Waals surface area contributed by atoms with Crippen LogP contribution in [0.5, 0.6) is 0 Å². The number of fused-ring (bicyclic) bond motifs is 1. The molecule has 2 heterocycles. The van der Waals surface area contributed by atoms with E-state index >= 15 is 4.39 Å². The van der Waals surface area contributed by atoms with Crippen LogP contribution in [0, 0.1) is 5.92 Å². The van der Waals surface area contributed by atoms with Crippen molar-refractivity contribution >= 4 is 11.3 Å². The lowest BCUT2D eigenvalue weighted by atomic mass is 9.94. The summed E-state index contributed by atoms with van der Waals surface area (Å²) in [6, 6.07) is -1.18. The standard InChI is InChI=1S/C18H25FN4O4/c1-8-14-12(17(26)21-18(27)23(14)10-2-3-10)16(25)13(19)15(8)22-5-4-9(6-22)11(20)7-24/h9-11,13,15,24-25H,2-7,20H2,1H3,(H,21,26,27). The molecule has 1 aliphatic heterocycles. The monoisotopic (exact) mass is 380 g/mol. The van der Waals surface area contributed by atoms with Crippen LogP contribution in [0.2, 0.25) is 0 Å². The third-order valence-corrected chi connectivity index (χ3v) is 6.13. The van der Waals surface area contributed by atoms with Gasteiger partial charge in [0.15, 0.2) is 6.17 Å². The van der Waals surface area contributed by atoms with E-state index in [4.69, 9.17) is 5.73 Å². The zero-order chi connectivity index (χ0) is 19.5. The van der Waals surface area contributed by atoms with Gasteiger partial charge in [0.25, 0.3) is 5.56 Å². The Hall–Kier alpha value is -1.97. The van der Waals surface area contributed by atoms with Crippen molar-refractivity contribution in [3.8, 4) is 0 Å². The average Bonchev–Trinajstić information content (AvgIpc) is 3.35. The number of hydrogen-bond acceptors (Lipinski definition) is 6. The highest BCUT2D eigenvalue weighted by molar-refractivity contribution is 5.60. The molecule has 0 spiro atoms. The molecule has 9 heteroatoms. The van der Waals surface area contributed by atoms with Crippen molar-refractivity contribution in [1.29, 1.82) is 0 Å². The molecule has 1 aromatic rings. The molecular weight excluding hydrogens is 355 g/mol. The summed E-state index contributed by atoms with van der Waals surface area (Å²) in [6.07, 6.45) is 0.588. The minimum absolute atomic E-state index is 0.0307. The number of nitrogens with one attached hydrogen (secondary N) is 1. The van der Waals surface area contributed by atoms with Gasteiger partial charge in [0.2, 0.25) is 0 Å². The minimum atomic E-state index is -1.76. The molecular formula is C18H25FN4O4. The van der Waals surface area contributed by atoms with Crippen molar-refractivity contribution in [3.05, 3.63) is 31.4 Å². The fourth-order valence-corrected chi connectivity index (χ4v) is 4.53. The van der Waals surface area contributed by atoms with Crippen LogP contribution in [0.1, 0.15) is 32.2 Å². The highest BCUT2D eigenvalue weighted by atomic mass is 19.1. The van der Waals surface area contributed by atoms with E-state index in [-0.39, 0.29) is 29.8 Å². The summed E-state index contributed by atoms with van der Waals surface area (Å²) in [4.78, 5) is 28.8. The second kappa shape index (κ2) is 6.57. The molecule has 3 aliphatic rings. The number of rotatable bonds is 4. The molecule has 8 nitrogen and oxygen atoms in total. The molecule has 4 unspecified atom stereocenters. The third kappa shape index (κ3) is 2.84. The Morgan fingerprint density at radius 1 is 1.33 bits per heavy atom. The molecule has 0 bridgehead atoms. The molecule has 148 valence electrons. The van der Waals surface area contributed by atoms with Crippen molar-refractivity contribution in [2.24, 2.45) is 11.7 Å². The lowest BCUT2D eigenvalue weighted by Crippen LogP contribution is -2.61. The lowest BCUT2D eigenvalue weighted by molar-refractivity contribution is 0.169. The van der Waals surface area contributed by atoms with Gasteiger partial charge in [-0.05, 0) is 44.2 Å². The molecule has 5 N–H and O–H groups in total. The van der Waals surface area contributed by atoms with Crippen molar-refractivity contribution in [2.45, 2.75) is 50.5 Å². The summed E-state index contributed by atoms with van der Waals surface area (Å²) in [5, 5.41) is 20.0. The van der Waals surface area contributed by atoms with E-state index < -0.39 is 29.2 Å². The second-order valence-corrected chi connectivity index (χ2v) is 7.89. The first-order chi connectivity index (χ1) is 12.8. The van der Waals surface area contributed by atoms with Crippen LogP contribution in [-0.4, -0.2) is 62.6 Å². The molecule has 0 aromatic carbocycles.